The van der Waals surface area contributed by atoms with Crippen LogP contribution in [-0.2, 0) is 0 Å². The van der Waals surface area contributed by atoms with Gasteiger partial charge in [-0.05, 0) is 49.8 Å². The van der Waals surface area contributed by atoms with Gasteiger partial charge in [-0.15, -0.1) is 0 Å². The van der Waals surface area contributed by atoms with E-state index in [0.29, 0.717) is 12.6 Å². The van der Waals surface area contributed by atoms with E-state index in [9.17, 15) is 0 Å². The van der Waals surface area contributed by atoms with Crippen molar-refractivity contribution in [2.24, 2.45) is 4.99 Å². The molecule has 0 aliphatic rings. The number of hydrogen-bond donors (Lipinski definition) is 3. The van der Waals surface area contributed by atoms with Gasteiger partial charge in [-0.1, -0.05) is 51.5 Å². The molecule has 1 aromatic heterocycles. The Bertz CT molecular complexity index is 1110. The fraction of sp³-hybridized carbons (Fsp3) is 0.333. The van der Waals surface area contributed by atoms with E-state index in [1.54, 1.807) is 0 Å². The van der Waals surface area contributed by atoms with E-state index >= 15 is 0 Å². The van der Waals surface area contributed by atoms with Gasteiger partial charge < -0.3 is 15.4 Å². The number of benzene rings is 2. The Hall–Kier alpha value is -3.38. The topological polar surface area (TPSA) is 74.3 Å². The minimum atomic E-state index is 0.449. The van der Waals surface area contributed by atoms with Crippen LogP contribution in [0, 0.1) is 0 Å². The Morgan fingerprint density at radius 2 is 2.09 bits per heavy atom. The van der Waals surface area contributed by atoms with Crippen molar-refractivity contribution in [1.82, 2.24) is 15.5 Å². The molecule has 1 heterocycles. The van der Waals surface area contributed by atoms with Crippen LogP contribution >= 0.6 is 0 Å². The van der Waals surface area contributed by atoms with Gasteiger partial charge in [-0.2, -0.15) is 5.10 Å². The molecule has 0 bridgehead atoms. The Labute approximate surface area is 196 Å². The molecule has 0 aliphatic heterocycles. The van der Waals surface area contributed by atoms with Crippen LogP contribution in [0.2, 0.25) is 0 Å². The van der Waals surface area contributed by atoms with Crippen molar-refractivity contribution < 1.29 is 4.74 Å². The van der Waals surface area contributed by atoms with E-state index in [2.05, 4.69) is 65.9 Å². The number of nitrogens with one attached hydrogen (secondary N) is 3. The van der Waals surface area contributed by atoms with Gasteiger partial charge in [0.15, 0.2) is 0 Å². The summed E-state index contributed by atoms with van der Waals surface area (Å²) in [4.78, 5) is 4.99. The molecule has 6 heteroatoms. The first-order chi connectivity index (χ1) is 16.1. The standard InChI is InChI=1S/C27H35N5O/c1-5-7-12-25(21-10-8-11-24(18-21)33-16-15-28-20(3)4)31-27(9-6-2)30-23-13-14-26-22(17-23)19-29-32-26/h6,8-14,17-20,28H,5,7,15-16H2,1-4H3,(H,29,32)(H,30,31)/b9-6-,25-12?. The fourth-order valence-electron chi connectivity index (χ4n) is 3.33. The van der Waals surface area contributed by atoms with E-state index in [0.717, 1.165) is 58.8 Å². The zero-order valence-corrected chi connectivity index (χ0v) is 20.1. The smallest absolute Gasteiger partial charge is 0.130 e. The molecule has 0 fully saturated rings. The monoisotopic (exact) mass is 445 g/mol. The largest absolute Gasteiger partial charge is 0.492 e. The summed E-state index contributed by atoms with van der Waals surface area (Å²) in [6, 6.07) is 14.7. The molecule has 0 spiro atoms. The lowest BCUT2D eigenvalue weighted by Crippen LogP contribution is -2.27. The van der Waals surface area contributed by atoms with Gasteiger partial charge in [0, 0.05) is 29.2 Å². The quantitative estimate of drug-likeness (QED) is 0.187. The maximum Gasteiger partial charge on any atom is 0.130 e. The number of amidine groups is 1. The van der Waals surface area contributed by atoms with Gasteiger partial charge in [0.2, 0.25) is 0 Å². The number of nitrogens with zero attached hydrogens (tertiary/aromatic N) is 2. The highest BCUT2D eigenvalue weighted by molar-refractivity contribution is 6.07. The third-order valence-corrected chi connectivity index (χ3v) is 4.96. The molecule has 0 aliphatic carbocycles. The molecule has 6 nitrogen and oxygen atoms in total. The lowest BCUT2D eigenvalue weighted by Gasteiger charge is -2.12. The SMILES string of the molecule is C/C=C\C(=NC(=CCCC)c1cccc(OCCNC(C)C)c1)Nc1ccc2[nH]ncc2c1. The third kappa shape index (κ3) is 7.61. The van der Waals surface area contributed by atoms with Crippen LogP contribution in [0.1, 0.15) is 46.1 Å². The lowest BCUT2D eigenvalue weighted by atomic mass is 10.1. The molecular formula is C27H35N5O. The number of hydrogen-bond acceptors (Lipinski definition) is 4. The number of allylic oxidation sites excluding steroid dienone is 2. The van der Waals surface area contributed by atoms with Gasteiger partial charge in [-0.3, -0.25) is 5.10 Å². The number of rotatable bonds is 11. The molecule has 0 unspecified atom stereocenters. The number of ether oxygens (including phenoxy) is 1. The Kier molecular flexibility index (Phi) is 9.27. The second kappa shape index (κ2) is 12.6. The molecule has 2 aromatic carbocycles. The zero-order valence-electron chi connectivity index (χ0n) is 20.1. The van der Waals surface area contributed by atoms with E-state index < -0.39 is 0 Å². The van der Waals surface area contributed by atoms with Gasteiger partial charge >= 0.3 is 0 Å². The highest BCUT2D eigenvalue weighted by Crippen LogP contribution is 2.23. The second-order valence-electron chi connectivity index (χ2n) is 8.16. The molecule has 33 heavy (non-hydrogen) atoms. The minimum absolute atomic E-state index is 0.449. The summed E-state index contributed by atoms with van der Waals surface area (Å²) in [7, 11) is 0. The first-order valence-corrected chi connectivity index (χ1v) is 11.7. The van der Waals surface area contributed by atoms with Crippen molar-refractivity contribution in [3.05, 3.63) is 72.5 Å². The van der Waals surface area contributed by atoms with Gasteiger partial charge in [0.25, 0.3) is 0 Å². The van der Waals surface area contributed by atoms with E-state index in [-0.39, 0.29) is 0 Å². The van der Waals surface area contributed by atoms with Crippen LogP contribution < -0.4 is 15.4 Å². The molecule has 174 valence electrons. The molecule has 3 aromatic rings. The van der Waals surface area contributed by atoms with Gasteiger partial charge in [0.1, 0.15) is 18.2 Å². The van der Waals surface area contributed by atoms with Crippen molar-refractivity contribution >= 4 is 28.1 Å². The highest BCUT2D eigenvalue weighted by atomic mass is 16.5. The number of aliphatic imine (C=N–C) groups is 1. The van der Waals surface area contributed by atoms with Crippen LogP contribution in [0.25, 0.3) is 16.6 Å². The number of aromatic amines is 1. The fourth-order valence-corrected chi connectivity index (χ4v) is 3.33. The van der Waals surface area contributed by atoms with Crippen LogP contribution in [0.4, 0.5) is 5.69 Å². The number of aromatic nitrogens is 2. The molecule has 0 saturated heterocycles. The highest BCUT2D eigenvalue weighted by Gasteiger charge is 2.06. The summed E-state index contributed by atoms with van der Waals surface area (Å²) in [6.07, 6.45) is 9.98. The van der Waals surface area contributed by atoms with Crippen molar-refractivity contribution in [3.8, 4) is 5.75 Å². The Morgan fingerprint density at radius 3 is 2.88 bits per heavy atom. The molecule has 3 N–H and O–H groups in total. The van der Waals surface area contributed by atoms with Crippen LogP contribution in [0.15, 0.2) is 71.9 Å². The zero-order chi connectivity index (χ0) is 23.5. The van der Waals surface area contributed by atoms with Crippen LogP contribution in [0.5, 0.6) is 5.75 Å². The van der Waals surface area contributed by atoms with Crippen molar-refractivity contribution in [2.45, 2.75) is 46.6 Å². The summed E-state index contributed by atoms with van der Waals surface area (Å²) >= 11 is 0. The number of unbranched alkanes of at least 4 members (excludes halogenated alkanes) is 1. The molecule has 3 rings (SSSR count). The Balaban J connectivity index is 1.83. The summed E-state index contributed by atoms with van der Waals surface area (Å²) in [5, 5.41) is 15.0. The Morgan fingerprint density at radius 1 is 1.21 bits per heavy atom. The molecular weight excluding hydrogens is 410 g/mol. The van der Waals surface area contributed by atoms with Gasteiger partial charge in [0.05, 0.1) is 17.4 Å². The summed E-state index contributed by atoms with van der Waals surface area (Å²) in [6.45, 7) is 9.87. The van der Waals surface area contributed by atoms with Crippen molar-refractivity contribution in [1.29, 1.82) is 0 Å². The normalized spacial score (nSPS) is 12.8. The summed E-state index contributed by atoms with van der Waals surface area (Å²) in [5.41, 5.74) is 3.93. The van der Waals surface area contributed by atoms with Crippen molar-refractivity contribution in [2.75, 3.05) is 18.5 Å². The summed E-state index contributed by atoms with van der Waals surface area (Å²) in [5.74, 6) is 1.62. The van der Waals surface area contributed by atoms with Crippen LogP contribution in [0.3, 0.4) is 0 Å². The van der Waals surface area contributed by atoms with E-state index in [1.807, 2.05) is 49.5 Å². The third-order valence-electron chi connectivity index (χ3n) is 4.96. The lowest BCUT2D eigenvalue weighted by molar-refractivity contribution is 0.309. The van der Waals surface area contributed by atoms with E-state index in [1.165, 1.54) is 0 Å². The van der Waals surface area contributed by atoms with E-state index in [4.69, 9.17) is 9.73 Å². The van der Waals surface area contributed by atoms with Crippen LogP contribution in [-0.4, -0.2) is 35.2 Å². The molecule has 0 amide bonds. The minimum Gasteiger partial charge on any atom is -0.492 e. The maximum atomic E-state index is 5.96. The van der Waals surface area contributed by atoms with Crippen molar-refractivity contribution in [3.63, 3.8) is 0 Å². The summed E-state index contributed by atoms with van der Waals surface area (Å²) < 4.78 is 5.96. The average Bonchev–Trinajstić information content (AvgIpc) is 3.27. The molecule has 0 atom stereocenters. The first-order valence-electron chi connectivity index (χ1n) is 11.7. The number of fused-ring (bicyclic) bond motifs is 1. The molecule has 0 saturated carbocycles. The van der Waals surface area contributed by atoms with Gasteiger partial charge in [-0.25, -0.2) is 4.99 Å². The molecule has 0 radical (unpaired) electrons. The number of anilines is 1. The number of H-pyrrole nitrogens is 1. The maximum absolute atomic E-state index is 5.96. The first kappa shape index (κ1) is 24.3. The predicted octanol–water partition coefficient (Wildman–Crippen LogP) is 6.17. The average molecular weight is 446 g/mol. The second-order valence-corrected chi connectivity index (χ2v) is 8.16. The predicted molar refractivity (Wildman–Crippen MR) is 140 cm³/mol.